The van der Waals surface area contributed by atoms with Gasteiger partial charge in [-0.05, 0) is 0 Å². The Balaban J connectivity index is 2.84. The maximum absolute atomic E-state index is 11.2. The second-order valence-electron chi connectivity index (χ2n) is 2.93. The number of nitrogens with zero attached hydrogens (tertiary/aromatic N) is 2. The molecular formula is C8H10N2O4S. The fourth-order valence-electron chi connectivity index (χ4n) is 1.20. The maximum atomic E-state index is 11.2. The minimum atomic E-state index is -1.14. The molecule has 0 saturated heterocycles. The lowest BCUT2D eigenvalue weighted by atomic mass is 10.3. The highest BCUT2D eigenvalue weighted by atomic mass is 32.1. The minimum absolute atomic E-state index is 0.00287. The summed E-state index contributed by atoms with van der Waals surface area (Å²) in [6.45, 7) is 0. The van der Waals surface area contributed by atoms with Crippen molar-refractivity contribution in [2.24, 2.45) is 0 Å². The van der Waals surface area contributed by atoms with Gasteiger partial charge >= 0.3 is 5.97 Å². The van der Waals surface area contributed by atoms with E-state index < -0.39 is 23.8 Å². The van der Waals surface area contributed by atoms with Crippen LogP contribution >= 0.6 is 12.6 Å². The predicted molar refractivity (Wildman–Crippen MR) is 54.0 cm³/mol. The molecule has 0 radical (unpaired) electrons. The van der Waals surface area contributed by atoms with Gasteiger partial charge < -0.3 is 5.11 Å². The second-order valence-corrected chi connectivity index (χ2v) is 3.30. The van der Waals surface area contributed by atoms with Gasteiger partial charge in [0.15, 0.2) is 0 Å². The lowest BCUT2D eigenvalue weighted by molar-refractivity contribution is -0.162. The third-order valence-electron chi connectivity index (χ3n) is 2.01. The molecule has 15 heavy (non-hydrogen) atoms. The van der Waals surface area contributed by atoms with Gasteiger partial charge in [-0.25, -0.2) is 5.01 Å². The summed E-state index contributed by atoms with van der Waals surface area (Å²) in [7, 11) is 1.36. The Morgan fingerprint density at radius 1 is 1.53 bits per heavy atom. The van der Waals surface area contributed by atoms with Gasteiger partial charge in [-0.15, -0.1) is 0 Å². The van der Waals surface area contributed by atoms with Crippen molar-refractivity contribution in [1.82, 2.24) is 10.0 Å². The number of carboxylic acid groups (broad SMARTS) is 1. The summed E-state index contributed by atoms with van der Waals surface area (Å²) < 4.78 is 0. The fourth-order valence-corrected chi connectivity index (χ4v) is 1.59. The number of hydrogen-bond donors (Lipinski definition) is 2. The highest BCUT2D eigenvalue weighted by Crippen LogP contribution is 2.11. The van der Waals surface area contributed by atoms with E-state index in [1.54, 1.807) is 0 Å². The van der Waals surface area contributed by atoms with Crippen LogP contribution in [-0.4, -0.2) is 51.8 Å². The summed E-state index contributed by atoms with van der Waals surface area (Å²) in [4.78, 5) is 33.2. The smallest absolute Gasteiger partial charge is 0.323 e. The quantitative estimate of drug-likeness (QED) is 0.485. The number of hydrogen-bond acceptors (Lipinski definition) is 5. The van der Waals surface area contributed by atoms with Crippen LogP contribution in [0.2, 0.25) is 0 Å². The first-order chi connectivity index (χ1) is 6.99. The summed E-state index contributed by atoms with van der Waals surface area (Å²) in [5, 5.41) is 10.7. The van der Waals surface area contributed by atoms with Gasteiger partial charge in [0, 0.05) is 25.0 Å². The zero-order valence-electron chi connectivity index (χ0n) is 7.95. The summed E-state index contributed by atoms with van der Waals surface area (Å²) in [5.41, 5.74) is 0. The van der Waals surface area contributed by atoms with Gasteiger partial charge in [-0.2, -0.15) is 17.6 Å². The number of amides is 2. The molecule has 82 valence electrons. The molecule has 0 aromatic heterocycles. The van der Waals surface area contributed by atoms with Crippen LogP contribution in [0.25, 0.3) is 0 Å². The van der Waals surface area contributed by atoms with Crippen molar-refractivity contribution >= 4 is 30.4 Å². The van der Waals surface area contributed by atoms with E-state index in [0.29, 0.717) is 0 Å². The van der Waals surface area contributed by atoms with Gasteiger partial charge in [0.05, 0.1) is 0 Å². The Kier molecular flexibility index (Phi) is 3.48. The van der Waals surface area contributed by atoms with Crippen LogP contribution in [0.4, 0.5) is 0 Å². The molecule has 1 atom stereocenters. The molecule has 1 aliphatic rings. The third kappa shape index (κ3) is 2.18. The van der Waals surface area contributed by atoms with Crippen molar-refractivity contribution < 1.29 is 19.5 Å². The van der Waals surface area contributed by atoms with Crippen LogP contribution in [0, 0.1) is 0 Å². The zero-order chi connectivity index (χ0) is 11.6. The fraction of sp³-hybridized carbons (Fsp3) is 0.375. The van der Waals surface area contributed by atoms with Crippen molar-refractivity contribution in [2.75, 3.05) is 12.8 Å². The topological polar surface area (TPSA) is 77.9 Å². The molecule has 1 rings (SSSR count). The molecule has 0 unspecified atom stereocenters. The van der Waals surface area contributed by atoms with Crippen LogP contribution in [0.15, 0.2) is 12.2 Å². The molecular weight excluding hydrogens is 220 g/mol. The zero-order valence-corrected chi connectivity index (χ0v) is 8.85. The highest BCUT2D eigenvalue weighted by Gasteiger charge is 2.34. The number of aliphatic carboxylic acids is 1. The van der Waals surface area contributed by atoms with Crippen LogP contribution in [-0.2, 0) is 14.4 Å². The average Bonchev–Trinajstić information content (AvgIpc) is 2.46. The Labute approximate surface area is 91.5 Å². The Morgan fingerprint density at radius 2 is 2.00 bits per heavy atom. The Morgan fingerprint density at radius 3 is 2.33 bits per heavy atom. The third-order valence-corrected chi connectivity index (χ3v) is 2.36. The molecule has 1 heterocycles. The molecule has 0 saturated carbocycles. The van der Waals surface area contributed by atoms with Crippen molar-refractivity contribution in [3.63, 3.8) is 0 Å². The molecule has 7 heteroatoms. The van der Waals surface area contributed by atoms with E-state index in [1.807, 2.05) is 0 Å². The first-order valence-corrected chi connectivity index (χ1v) is 4.74. The minimum Gasteiger partial charge on any atom is -0.480 e. The number of thiol groups is 1. The summed E-state index contributed by atoms with van der Waals surface area (Å²) in [6.07, 6.45) is 2.19. The van der Waals surface area contributed by atoms with Crippen LogP contribution in [0.3, 0.4) is 0 Å². The van der Waals surface area contributed by atoms with E-state index in [0.717, 1.165) is 22.2 Å². The van der Waals surface area contributed by atoms with E-state index in [-0.39, 0.29) is 5.75 Å². The van der Waals surface area contributed by atoms with Gasteiger partial charge in [-0.1, -0.05) is 0 Å². The van der Waals surface area contributed by atoms with Crippen molar-refractivity contribution in [2.45, 2.75) is 6.04 Å². The maximum Gasteiger partial charge on any atom is 0.323 e. The summed E-state index contributed by atoms with van der Waals surface area (Å²) >= 11 is 3.85. The van der Waals surface area contributed by atoms with Crippen LogP contribution in [0.5, 0.6) is 0 Å². The molecule has 0 aliphatic carbocycles. The van der Waals surface area contributed by atoms with Crippen LogP contribution < -0.4 is 0 Å². The van der Waals surface area contributed by atoms with Gasteiger partial charge in [0.1, 0.15) is 6.04 Å². The van der Waals surface area contributed by atoms with Gasteiger partial charge in [-0.3, -0.25) is 14.4 Å². The SMILES string of the molecule is CN([C@@H](CS)C(=O)O)N1C(=O)C=CC1=O. The normalized spacial score (nSPS) is 17.7. The number of carbonyl (C=O) groups is 3. The van der Waals surface area contributed by atoms with E-state index in [4.69, 9.17) is 5.11 Å². The summed E-state index contributed by atoms with van der Waals surface area (Å²) in [6, 6.07) is -1.01. The predicted octanol–water partition coefficient (Wildman–Crippen LogP) is -0.859. The summed E-state index contributed by atoms with van der Waals surface area (Å²) in [5.74, 6) is -2.23. The number of carboxylic acids is 1. The molecule has 6 nitrogen and oxygen atoms in total. The number of imide groups is 1. The molecule has 0 spiro atoms. The molecule has 1 N–H and O–H groups in total. The molecule has 0 bridgehead atoms. The first-order valence-electron chi connectivity index (χ1n) is 4.11. The number of likely N-dealkylation sites (N-methyl/N-ethyl adjacent to an activating group) is 1. The van der Waals surface area contributed by atoms with E-state index in [2.05, 4.69) is 12.6 Å². The second kappa shape index (κ2) is 4.45. The lowest BCUT2D eigenvalue weighted by Gasteiger charge is -2.30. The monoisotopic (exact) mass is 230 g/mol. The molecule has 0 aromatic carbocycles. The van der Waals surface area contributed by atoms with Crippen molar-refractivity contribution in [1.29, 1.82) is 0 Å². The number of carbonyl (C=O) groups excluding carboxylic acids is 2. The van der Waals surface area contributed by atoms with E-state index in [1.165, 1.54) is 7.05 Å². The van der Waals surface area contributed by atoms with Crippen LogP contribution in [0.1, 0.15) is 0 Å². The van der Waals surface area contributed by atoms with E-state index >= 15 is 0 Å². The molecule has 0 fully saturated rings. The first kappa shape index (κ1) is 11.7. The highest BCUT2D eigenvalue weighted by molar-refractivity contribution is 7.80. The average molecular weight is 230 g/mol. The largest absolute Gasteiger partial charge is 0.480 e. The Hall–Kier alpha value is -1.34. The van der Waals surface area contributed by atoms with E-state index in [9.17, 15) is 14.4 Å². The Bertz CT molecular complexity index is 324. The number of hydrazine groups is 1. The van der Waals surface area contributed by atoms with Crippen molar-refractivity contribution in [3.8, 4) is 0 Å². The molecule has 1 aliphatic heterocycles. The standard InChI is InChI=1S/C8H10N2O4S/c1-9(5(4-15)8(13)14)10-6(11)2-3-7(10)12/h2-3,5,15H,4H2,1H3,(H,13,14)/t5-/m0/s1. The van der Waals surface area contributed by atoms with Gasteiger partial charge in [0.2, 0.25) is 0 Å². The van der Waals surface area contributed by atoms with Crippen molar-refractivity contribution in [3.05, 3.63) is 12.2 Å². The number of rotatable bonds is 4. The molecule has 0 aromatic rings. The van der Waals surface area contributed by atoms with Gasteiger partial charge in [0.25, 0.3) is 11.8 Å². The molecule has 2 amide bonds. The lowest BCUT2D eigenvalue weighted by Crippen LogP contribution is -2.53.